The Bertz CT molecular complexity index is 461. The summed E-state index contributed by atoms with van der Waals surface area (Å²) >= 11 is 0. The van der Waals surface area contributed by atoms with Gasteiger partial charge in [-0.3, -0.25) is 9.59 Å². The molecule has 1 aromatic rings. The monoisotopic (exact) mass is 252 g/mol. The van der Waals surface area contributed by atoms with Crippen LogP contribution in [0.15, 0.2) is 23.7 Å². The van der Waals surface area contributed by atoms with Crippen molar-refractivity contribution in [3.05, 3.63) is 24.3 Å². The number of nitrogens with one attached hydrogen (secondary N) is 2. The lowest BCUT2D eigenvalue weighted by Crippen LogP contribution is -2.37. The first-order valence-corrected chi connectivity index (χ1v) is 5.18. The zero-order valence-corrected chi connectivity index (χ0v) is 9.83. The van der Waals surface area contributed by atoms with Gasteiger partial charge in [-0.2, -0.15) is 0 Å². The zero-order chi connectivity index (χ0) is 13.4. The third-order valence-electron chi connectivity index (χ3n) is 1.96. The van der Waals surface area contributed by atoms with Crippen molar-refractivity contribution in [3.63, 3.8) is 0 Å². The van der Waals surface area contributed by atoms with Gasteiger partial charge in [0, 0.05) is 13.1 Å². The van der Waals surface area contributed by atoms with E-state index >= 15 is 0 Å². The van der Waals surface area contributed by atoms with E-state index in [1.54, 1.807) is 24.0 Å². The summed E-state index contributed by atoms with van der Waals surface area (Å²) in [4.78, 5) is 26.4. The van der Waals surface area contributed by atoms with Gasteiger partial charge in [-0.1, -0.05) is 5.16 Å². The summed E-state index contributed by atoms with van der Waals surface area (Å²) < 4.78 is 1.71. The van der Waals surface area contributed by atoms with Gasteiger partial charge < -0.3 is 15.8 Å². The maximum atomic E-state index is 11.6. The minimum atomic E-state index is -0.531. The lowest BCUT2D eigenvalue weighted by Gasteiger charge is -2.03. The summed E-state index contributed by atoms with van der Waals surface area (Å²) in [7, 11) is 1.78. The van der Waals surface area contributed by atoms with Gasteiger partial charge in [0.15, 0.2) is 18.1 Å². The van der Waals surface area contributed by atoms with E-state index < -0.39 is 5.91 Å². The summed E-state index contributed by atoms with van der Waals surface area (Å²) in [5.41, 5.74) is 0.295. The first-order valence-electron chi connectivity index (χ1n) is 5.18. The van der Waals surface area contributed by atoms with E-state index in [-0.39, 0.29) is 19.0 Å². The largest absolute Gasteiger partial charge is 0.411 e. The van der Waals surface area contributed by atoms with Crippen molar-refractivity contribution < 1.29 is 19.4 Å². The molecule has 0 saturated carbocycles. The summed E-state index contributed by atoms with van der Waals surface area (Å²) in [6, 6.07) is 0. The van der Waals surface area contributed by atoms with Crippen LogP contribution in [0.2, 0.25) is 0 Å². The molecule has 0 saturated heterocycles. The maximum absolute atomic E-state index is 11.6. The Balaban J connectivity index is 2.32. The number of carbonyl (C=O) groups is 2. The Morgan fingerprint density at radius 2 is 2.22 bits per heavy atom. The molecular weight excluding hydrogens is 238 g/mol. The number of rotatable bonds is 5. The van der Waals surface area contributed by atoms with Gasteiger partial charge in [0.1, 0.15) is 13.3 Å². The Morgan fingerprint density at radius 1 is 1.50 bits per heavy atom. The van der Waals surface area contributed by atoms with Crippen molar-refractivity contribution in [2.45, 2.75) is 0 Å². The molecule has 0 aliphatic heterocycles. The van der Waals surface area contributed by atoms with Gasteiger partial charge in [0.2, 0.25) is 0 Å². The second-order valence-electron chi connectivity index (χ2n) is 3.40. The number of aromatic nitrogens is 2. The third-order valence-corrected chi connectivity index (χ3v) is 1.96. The van der Waals surface area contributed by atoms with Gasteiger partial charge in [-0.15, -0.1) is 0 Å². The molecule has 8 nitrogen and oxygen atoms in total. The Kier molecular flexibility index (Phi) is 5.23. The molecule has 0 aromatic carbocycles. The molecule has 18 heavy (non-hydrogen) atoms. The fourth-order valence-corrected chi connectivity index (χ4v) is 1.16. The molecule has 0 atom stereocenters. The second kappa shape index (κ2) is 6.94. The standard InChI is InChI=1S/C10H13N5O3/c1-15-5-4-11-8(7-15)10(17)13-3-2-12-9(16)6-14-18/h4-7H,2-3H2,1H3,(H2-,12,13,16,17,18)/p+1. The molecule has 3 N–H and O–H groups in total. The molecule has 0 unspecified atom stereocenters. The maximum Gasteiger partial charge on any atom is 0.276 e. The lowest BCUT2D eigenvalue weighted by atomic mass is 10.4. The van der Waals surface area contributed by atoms with Crippen molar-refractivity contribution in [1.82, 2.24) is 15.6 Å². The minimum Gasteiger partial charge on any atom is -0.411 e. The van der Waals surface area contributed by atoms with E-state index in [1.165, 1.54) is 6.20 Å². The SMILES string of the molecule is C[n+]1ccnc(C(=O)NCCNC(=O)/C=N\O)c1. The van der Waals surface area contributed by atoms with Crippen LogP contribution in [0.4, 0.5) is 0 Å². The number of nitrogens with zero attached hydrogens (tertiary/aromatic N) is 3. The van der Waals surface area contributed by atoms with Crippen LogP contribution in [0, 0.1) is 0 Å². The van der Waals surface area contributed by atoms with Crippen molar-refractivity contribution in [3.8, 4) is 0 Å². The normalized spacial score (nSPS) is 10.3. The third kappa shape index (κ3) is 4.56. The van der Waals surface area contributed by atoms with E-state index in [0.717, 1.165) is 6.21 Å². The molecule has 0 radical (unpaired) electrons. The van der Waals surface area contributed by atoms with Crippen LogP contribution in [-0.2, 0) is 11.8 Å². The van der Waals surface area contributed by atoms with Gasteiger partial charge in [0.05, 0.1) is 6.20 Å². The lowest BCUT2D eigenvalue weighted by molar-refractivity contribution is -0.672. The molecule has 2 amide bonds. The minimum absolute atomic E-state index is 0.232. The molecule has 1 aromatic heterocycles. The molecule has 0 aliphatic carbocycles. The molecule has 0 aliphatic rings. The van der Waals surface area contributed by atoms with Crippen LogP contribution in [0.1, 0.15) is 10.5 Å². The van der Waals surface area contributed by atoms with E-state index in [2.05, 4.69) is 20.8 Å². The molecule has 1 rings (SSSR count). The molecular formula is C10H14N5O3+. The van der Waals surface area contributed by atoms with E-state index in [1.807, 2.05) is 0 Å². The van der Waals surface area contributed by atoms with Gasteiger partial charge >= 0.3 is 0 Å². The fraction of sp³-hybridized carbons (Fsp3) is 0.300. The van der Waals surface area contributed by atoms with Crippen LogP contribution in [0.25, 0.3) is 0 Å². The number of amides is 2. The molecule has 0 spiro atoms. The number of aryl methyl sites for hydroxylation is 1. The number of oxime groups is 1. The topological polar surface area (TPSA) is 108 Å². The first kappa shape index (κ1) is 13.6. The van der Waals surface area contributed by atoms with Crippen LogP contribution in [-0.4, -0.2) is 41.3 Å². The van der Waals surface area contributed by atoms with Crippen molar-refractivity contribution >= 4 is 18.0 Å². The molecule has 1 heterocycles. The van der Waals surface area contributed by atoms with Crippen LogP contribution in [0.5, 0.6) is 0 Å². The average molecular weight is 252 g/mol. The second-order valence-corrected chi connectivity index (χ2v) is 3.40. The molecule has 8 heteroatoms. The Morgan fingerprint density at radius 3 is 2.89 bits per heavy atom. The highest BCUT2D eigenvalue weighted by atomic mass is 16.4. The van der Waals surface area contributed by atoms with E-state index in [4.69, 9.17) is 5.21 Å². The summed E-state index contributed by atoms with van der Waals surface area (Å²) in [5, 5.41) is 15.7. The van der Waals surface area contributed by atoms with Crippen LogP contribution in [0.3, 0.4) is 0 Å². The van der Waals surface area contributed by atoms with Crippen LogP contribution < -0.4 is 15.2 Å². The highest BCUT2D eigenvalue weighted by molar-refractivity contribution is 6.25. The predicted octanol–water partition coefficient (Wildman–Crippen LogP) is -1.79. The molecule has 0 bridgehead atoms. The zero-order valence-electron chi connectivity index (χ0n) is 9.83. The summed E-state index contributed by atoms with van der Waals surface area (Å²) in [5.74, 6) is -0.854. The van der Waals surface area contributed by atoms with Crippen LogP contribution >= 0.6 is 0 Å². The quantitative estimate of drug-likeness (QED) is 0.189. The van der Waals surface area contributed by atoms with Gasteiger partial charge in [0.25, 0.3) is 11.8 Å². The molecule has 0 fully saturated rings. The Hall–Kier alpha value is -2.51. The number of carbonyl (C=O) groups excluding carboxylic acids is 2. The Labute approximate surface area is 103 Å². The smallest absolute Gasteiger partial charge is 0.276 e. The highest BCUT2D eigenvalue weighted by Crippen LogP contribution is 1.87. The van der Waals surface area contributed by atoms with Crippen molar-refractivity contribution in [2.75, 3.05) is 13.1 Å². The van der Waals surface area contributed by atoms with Gasteiger partial charge in [-0.25, -0.2) is 9.55 Å². The highest BCUT2D eigenvalue weighted by Gasteiger charge is 2.09. The number of hydrogen-bond donors (Lipinski definition) is 3. The van der Waals surface area contributed by atoms with E-state index in [9.17, 15) is 9.59 Å². The number of hydrogen-bond acceptors (Lipinski definition) is 5. The first-order chi connectivity index (χ1) is 8.63. The predicted molar refractivity (Wildman–Crippen MR) is 61.0 cm³/mol. The van der Waals surface area contributed by atoms with Crippen molar-refractivity contribution in [1.29, 1.82) is 0 Å². The van der Waals surface area contributed by atoms with Gasteiger partial charge in [-0.05, 0) is 0 Å². The fourth-order valence-electron chi connectivity index (χ4n) is 1.16. The molecule has 96 valence electrons. The van der Waals surface area contributed by atoms with Crippen molar-refractivity contribution in [2.24, 2.45) is 12.2 Å². The van der Waals surface area contributed by atoms with E-state index in [0.29, 0.717) is 5.69 Å². The average Bonchev–Trinajstić information content (AvgIpc) is 2.35. The summed E-state index contributed by atoms with van der Waals surface area (Å²) in [6.45, 7) is 0.486. The summed E-state index contributed by atoms with van der Waals surface area (Å²) in [6.07, 6.45) is 5.56.